The van der Waals surface area contributed by atoms with E-state index in [1.54, 1.807) is 18.5 Å². The largest absolute Gasteiger partial charge is 0.467 e. The van der Waals surface area contributed by atoms with Gasteiger partial charge in [-0.05, 0) is 30.7 Å². The van der Waals surface area contributed by atoms with Crippen molar-refractivity contribution in [2.45, 2.75) is 26.3 Å². The minimum absolute atomic E-state index is 0.129. The third kappa shape index (κ3) is 4.12. The zero-order valence-corrected chi connectivity index (χ0v) is 11.6. The molecule has 0 unspecified atom stereocenters. The van der Waals surface area contributed by atoms with Gasteiger partial charge in [0.1, 0.15) is 11.5 Å². The molecule has 5 nitrogen and oxygen atoms in total. The number of rotatable bonds is 7. The van der Waals surface area contributed by atoms with Crippen LogP contribution in [-0.2, 0) is 6.54 Å². The predicted molar refractivity (Wildman–Crippen MR) is 77.5 cm³/mol. The van der Waals surface area contributed by atoms with Gasteiger partial charge < -0.3 is 15.1 Å². The summed E-state index contributed by atoms with van der Waals surface area (Å²) >= 11 is 0. The van der Waals surface area contributed by atoms with Gasteiger partial charge in [-0.2, -0.15) is 0 Å². The van der Waals surface area contributed by atoms with Crippen LogP contribution in [0.15, 0.2) is 41.1 Å². The maximum Gasteiger partial charge on any atom is 0.269 e. The van der Waals surface area contributed by atoms with E-state index in [1.807, 2.05) is 18.2 Å². The van der Waals surface area contributed by atoms with Gasteiger partial charge >= 0.3 is 0 Å². The number of pyridine rings is 1. The van der Waals surface area contributed by atoms with Crippen LogP contribution in [0.1, 0.15) is 36.0 Å². The molecule has 1 amide bonds. The van der Waals surface area contributed by atoms with Crippen LogP contribution in [0.5, 0.6) is 0 Å². The summed E-state index contributed by atoms with van der Waals surface area (Å²) in [6.07, 6.45) is 5.33. The molecular weight excluding hydrogens is 254 g/mol. The fourth-order valence-corrected chi connectivity index (χ4v) is 1.70. The van der Waals surface area contributed by atoms with E-state index < -0.39 is 0 Å². The number of hydrogen-bond donors (Lipinski definition) is 2. The van der Waals surface area contributed by atoms with Crippen molar-refractivity contribution in [3.63, 3.8) is 0 Å². The predicted octanol–water partition coefficient (Wildman–Crippen LogP) is 2.82. The molecule has 0 fully saturated rings. The zero-order chi connectivity index (χ0) is 14.2. The van der Waals surface area contributed by atoms with E-state index in [9.17, 15) is 4.79 Å². The van der Waals surface area contributed by atoms with Gasteiger partial charge in [-0.15, -0.1) is 0 Å². The van der Waals surface area contributed by atoms with Gasteiger partial charge in [0.15, 0.2) is 0 Å². The number of furan rings is 1. The molecule has 0 atom stereocenters. The lowest BCUT2D eigenvalue weighted by Gasteiger charge is -2.06. The summed E-state index contributed by atoms with van der Waals surface area (Å²) in [7, 11) is 0. The molecule has 2 rings (SSSR count). The Kier molecular flexibility index (Phi) is 5.17. The van der Waals surface area contributed by atoms with E-state index in [2.05, 4.69) is 22.5 Å². The summed E-state index contributed by atoms with van der Waals surface area (Å²) in [5.74, 6) is 0.724. The Balaban J connectivity index is 1.84. The standard InChI is InChI=1S/C15H19N3O2/c1-2-3-8-16-15(19)14-7-6-12(10-18-14)17-11-13-5-4-9-20-13/h4-7,9-10,17H,2-3,8,11H2,1H3,(H,16,19). The van der Waals surface area contributed by atoms with Gasteiger partial charge in [-0.25, -0.2) is 4.98 Å². The Morgan fingerprint density at radius 2 is 2.25 bits per heavy atom. The SMILES string of the molecule is CCCCNC(=O)c1ccc(NCc2ccco2)cn1. The Hall–Kier alpha value is -2.30. The number of carbonyl (C=O) groups is 1. The Bertz CT molecular complexity index is 521. The van der Waals surface area contributed by atoms with Gasteiger partial charge in [0.2, 0.25) is 0 Å². The van der Waals surface area contributed by atoms with Crippen molar-refractivity contribution in [3.8, 4) is 0 Å². The highest BCUT2D eigenvalue weighted by atomic mass is 16.3. The first-order valence-corrected chi connectivity index (χ1v) is 6.80. The highest BCUT2D eigenvalue weighted by Gasteiger charge is 2.06. The normalized spacial score (nSPS) is 10.2. The summed E-state index contributed by atoms with van der Waals surface area (Å²) in [5.41, 5.74) is 1.29. The maximum absolute atomic E-state index is 11.8. The third-order valence-corrected chi connectivity index (χ3v) is 2.86. The fourth-order valence-electron chi connectivity index (χ4n) is 1.70. The van der Waals surface area contributed by atoms with Gasteiger partial charge in [-0.1, -0.05) is 13.3 Å². The van der Waals surface area contributed by atoms with Crippen LogP contribution in [0, 0.1) is 0 Å². The average Bonchev–Trinajstić information content (AvgIpc) is 2.99. The Morgan fingerprint density at radius 1 is 1.35 bits per heavy atom. The highest BCUT2D eigenvalue weighted by molar-refractivity contribution is 5.92. The molecule has 0 aliphatic carbocycles. The summed E-state index contributed by atoms with van der Waals surface area (Å²) in [6.45, 7) is 3.37. The van der Waals surface area contributed by atoms with Crippen LogP contribution >= 0.6 is 0 Å². The lowest BCUT2D eigenvalue weighted by Crippen LogP contribution is -2.25. The van der Waals surface area contributed by atoms with Crippen LogP contribution in [0.3, 0.4) is 0 Å². The summed E-state index contributed by atoms with van der Waals surface area (Å²) in [6, 6.07) is 7.30. The number of anilines is 1. The molecule has 106 valence electrons. The molecule has 20 heavy (non-hydrogen) atoms. The molecule has 0 radical (unpaired) electrons. The van der Waals surface area contributed by atoms with Crippen molar-refractivity contribution in [1.82, 2.24) is 10.3 Å². The molecule has 0 bridgehead atoms. The van der Waals surface area contributed by atoms with Crippen LogP contribution in [0.2, 0.25) is 0 Å². The number of unbranched alkanes of at least 4 members (excludes halogenated alkanes) is 1. The van der Waals surface area contributed by atoms with E-state index >= 15 is 0 Å². The summed E-state index contributed by atoms with van der Waals surface area (Å²) in [4.78, 5) is 15.9. The van der Waals surface area contributed by atoms with E-state index in [0.717, 1.165) is 24.3 Å². The quantitative estimate of drug-likeness (QED) is 0.761. The number of nitrogens with one attached hydrogen (secondary N) is 2. The van der Waals surface area contributed by atoms with E-state index in [4.69, 9.17) is 4.42 Å². The van der Waals surface area contributed by atoms with Crippen molar-refractivity contribution in [2.24, 2.45) is 0 Å². The van der Waals surface area contributed by atoms with Crippen LogP contribution in [0.4, 0.5) is 5.69 Å². The molecule has 0 saturated carbocycles. The van der Waals surface area contributed by atoms with Gasteiger partial charge in [-0.3, -0.25) is 4.79 Å². The van der Waals surface area contributed by atoms with Crippen molar-refractivity contribution < 1.29 is 9.21 Å². The molecule has 2 aromatic rings. The van der Waals surface area contributed by atoms with Crippen molar-refractivity contribution >= 4 is 11.6 Å². The van der Waals surface area contributed by atoms with E-state index in [-0.39, 0.29) is 5.91 Å². The first-order valence-electron chi connectivity index (χ1n) is 6.80. The van der Waals surface area contributed by atoms with Gasteiger partial charge in [0.25, 0.3) is 5.91 Å². The number of hydrogen-bond acceptors (Lipinski definition) is 4. The van der Waals surface area contributed by atoms with Crippen molar-refractivity contribution in [2.75, 3.05) is 11.9 Å². The fraction of sp³-hybridized carbons (Fsp3) is 0.333. The summed E-state index contributed by atoms with van der Waals surface area (Å²) < 4.78 is 5.23. The monoisotopic (exact) mass is 273 g/mol. The average molecular weight is 273 g/mol. The smallest absolute Gasteiger partial charge is 0.269 e. The minimum atomic E-state index is -0.129. The van der Waals surface area contributed by atoms with Crippen LogP contribution in [0.25, 0.3) is 0 Å². The second kappa shape index (κ2) is 7.33. The number of aromatic nitrogens is 1. The number of nitrogens with zero attached hydrogens (tertiary/aromatic N) is 1. The second-order valence-electron chi connectivity index (χ2n) is 4.47. The number of amides is 1. The molecule has 2 N–H and O–H groups in total. The van der Waals surface area contributed by atoms with Crippen LogP contribution < -0.4 is 10.6 Å². The molecule has 0 aromatic carbocycles. The molecule has 2 heterocycles. The molecular formula is C15H19N3O2. The third-order valence-electron chi connectivity index (χ3n) is 2.86. The molecule has 5 heteroatoms. The van der Waals surface area contributed by atoms with Crippen molar-refractivity contribution in [1.29, 1.82) is 0 Å². The van der Waals surface area contributed by atoms with E-state index in [1.165, 1.54) is 0 Å². The van der Waals surface area contributed by atoms with E-state index in [0.29, 0.717) is 18.8 Å². The topological polar surface area (TPSA) is 67.2 Å². The molecule has 0 saturated heterocycles. The zero-order valence-electron chi connectivity index (χ0n) is 11.6. The van der Waals surface area contributed by atoms with Crippen molar-refractivity contribution in [3.05, 3.63) is 48.2 Å². The second-order valence-corrected chi connectivity index (χ2v) is 4.47. The first kappa shape index (κ1) is 14.1. The molecule has 0 spiro atoms. The first-order chi connectivity index (χ1) is 9.79. The molecule has 2 aromatic heterocycles. The number of carbonyl (C=O) groups excluding carboxylic acids is 1. The van der Waals surface area contributed by atoms with Gasteiger partial charge in [0.05, 0.1) is 24.7 Å². The Labute approximate surface area is 118 Å². The highest BCUT2D eigenvalue weighted by Crippen LogP contribution is 2.09. The maximum atomic E-state index is 11.8. The Morgan fingerprint density at radius 3 is 2.90 bits per heavy atom. The van der Waals surface area contributed by atoms with Gasteiger partial charge in [0, 0.05) is 6.54 Å². The lowest BCUT2D eigenvalue weighted by molar-refractivity contribution is 0.0948. The lowest BCUT2D eigenvalue weighted by atomic mass is 10.3. The van der Waals surface area contributed by atoms with Crippen LogP contribution in [-0.4, -0.2) is 17.4 Å². The molecule has 0 aliphatic rings. The molecule has 0 aliphatic heterocycles. The summed E-state index contributed by atoms with van der Waals surface area (Å²) in [5, 5.41) is 6.01. The minimum Gasteiger partial charge on any atom is -0.467 e.